The van der Waals surface area contributed by atoms with Gasteiger partial charge < -0.3 is 10.6 Å². The van der Waals surface area contributed by atoms with Crippen LogP contribution in [0.4, 0.5) is 5.69 Å². The van der Waals surface area contributed by atoms with Gasteiger partial charge in [0.2, 0.25) is 5.91 Å². The molecule has 1 unspecified atom stereocenters. The van der Waals surface area contributed by atoms with Gasteiger partial charge in [-0.15, -0.1) is 0 Å². The lowest BCUT2D eigenvalue weighted by atomic mass is 9.94. The Morgan fingerprint density at radius 3 is 3.11 bits per heavy atom. The lowest BCUT2D eigenvalue weighted by molar-refractivity contribution is -0.116. The first kappa shape index (κ1) is 14.1. The average Bonchev–Trinajstić information content (AvgIpc) is 2.46. The number of amides is 1. The van der Waals surface area contributed by atoms with E-state index in [1.54, 1.807) is 0 Å². The third kappa shape index (κ3) is 4.67. The first-order valence-corrected chi connectivity index (χ1v) is 7.37. The van der Waals surface area contributed by atoms with Gasteiger partial charge in [-0.05, 0) is 62.4 Å². The molecule has 104 valence electrons. The minimum absolute atomic E-state index is 0.138. The second kappa shape index (κ2) is 7.29. The van der Waals surface area contributed by atoms with E-state index in [9.17, 15) is 4.79 Å². The summed E-state index contributed by atoms with van der Waals surface area (Å²) in [7, 11) is 0. The average molecular weight is 260 g/mol. The molecule has 1 aromatic carbocycles. The van der Waals surface area contributed by atoms with E-state index >= 15 is 0 Å². The number of anilines is 1. The van der Waals surface area contributed by atoms with Crippen LogP contribution in [0.25, 0.3) is 0 Å². The predicted octanol–water partition coefficient (Wildman–Crippen LogP) is 2.97. The van der Waals surface area contributed by atoms with Crippen molar-refractivity contribution in [3.05, 3.63) is 29.8 Å². The fourth-order valence-electron chi connectivity index (χ4n) is 2.60. The maximum atomic E-state index is 11.9. The van der Waals surface area contributed by atoms with Crippen molar-refractivity contribution in [2.24, 2.45) is 5.92 Å². The van der Waals surface area contributed by atoms with Gasteiger partial charge >= 0.3 is 0 Å². The van der Waals surface area contributed by atoms with E-state index in [1.165, 1.54) is 18.4 Å². The number of aryl methyl sites for hydroxylation is 1. The van der Waals surface area contributed by atoms with Gasteiger partial charge in [-0.3, -0.25) is 4.79 Å². The number of piperidine rings is 1. The Bertz CT molecular complexity index is 411. The Labute approximate surface area is 115 Å². The van der Waals surface area contributed by atoms with Gasteiger partial charge in [0.05, 0.1) is 0 Å². The Morgan fingerprint density at radius 2 is 2.37 bits per heavy atom. The van der Waals surface area contributed by atoms with Crippen LogP contribution in [0.5, 0.6) is 0 Å². The Balaban J connectivity index is 1.76. The minimum atomic E-state index is 0.138. The van der Waals surface area contributed by atoms with Gasteiger partial charge in [0, 0.05) is 12.1 Å². The molecule has 0 bridgehead atoms. The van der Waals surface area contributed by atoms with Gasteiger partial charge in [-0.25, -0.2) is 0 Å². The van der Waals surface area contributed by atoms with E-state index in [2.05, 4.69) is 29.7 Å². The summed E-state index contributed by atoms with van der Waals surface area (Å²) in [5, 5.41) is 6.39. The number of benzene rings is 1. The molecule has 3 heteroatoms. The molecule has 1 aliphatic rings. The lowest BCUT2D eigenvalue weighted by Crippen LogP contribution is -2.30. The summed E-state index contributed by atoms with van der Waals surface area (Å²) in [4.78, 5) is 11.9. The second-order valence-electron chi connectivity index (χ2n) is 5.35. The Kier molecular flexibility index (Phi) is 5.40. The number of nitrogens with one attached hydrogen (secondary N) is 2. The normalized spacial score (nSPS) is 19.1. The van der Waals surface area contributed by atoms with Crippen molar-refractivity contribution in [2.45, 2.75) is 39.0 Å². The predicted molar refractivity (Wildman–Crippen MR) is 79.3 cm³/mol. The molecular formula is C16H24N2O. The standard InChI is InChI=1S/C16H24N2O/c1-2-13-5-3-7-15(11-13)18-16(19)9-8-14-6-4-10-17-12-14/h3,5,7,11,14,17H,2,4,6,8-10,12H2,1H3,(H,18,19). The van der Waals surface area contributed by atoms with Gasteiger partial charge in [-0.1, -0.05) is 19.1 Å². The molecule has 1 fully saturated rings. The van der Waals surface area contributed by atoms with Crippen LogP contribution in [0.15, 0.2) is 24.3 Å². The summed E-state index contributed by atoms with van der Waals surface area (Å²) < 4.78 is 0. The Morgan fingerprint density at radius 1 is 1.47 bits per heavy atom. The first-order valence-electron chi connectivity index (χ1n) is 7.37. The molecule has 3 nitrogen and oxygen atoms in total. The molecule has 1 atom stereocenters. The molecule has 1 saturated heterocycles. The van der Waals surface area contributed by atoms with E-state index in [1.807, 2.05) is 12.1 Å². The molecule has 0 spiro atoms. The number of rotatable bonds is 5. The van der Waals surface area contributed by atoms with Crippen molar-refractivity contribution in [3.63, 3.8) is 0 Å². The van der Waals surface area contributed by atoms with Crippen molar-refractivity contribution in [3.8, 4) is 0 Å². The fraction of sp³-hybridized carbons (Fsp3) is 0.562. The van der Waals surface area contributed by atoms with E-state index in [4.69, 9.17) is 0 Å². The number of carbonyl (C=O) groups excluding carboxylic acids is 1. The van der Waals surface area contributed by atoms with Crippen molar-refractivity contribution in [1.82, 2.24) is 5.32 Å². The summed E-state index contributed by atoms with van der Waals surface area (Å²) in [5.74, 6) is 0.806. The van der Waals surface area contributed by atoms with Crippen LogP contribution in [0.1, 0.15) is 38.2 Å². The van der Waals surface area contributed by atoms with Gasteiger partial charge in [-0.2, -0.15) is 0 Å². The monoisotopic (exact) mass is 260 g/mol. The topological polar surface area (TPSA) is 41.1 Å². The molecule has 2 rings (SSSR count). The molecule has 2 N–H and O–H groups in total. The zero-order valence-electron chi connectivity index (χ0n) is 11.7. The molecule has 0 saturated carbocycles. The summed E-state index contributed by atoms with van der Waals surface area (Å²) in [6, 6.07) is 8.10. The first-order chi connectivity index (χ1) is 9.28. The van der Waals surface area contributed by atoms with E-state index in [0.29, 0.717) is 12.3 Å². The van der Waals surface area contributed by atoms with Crippen LogP contribution in [0.2, 0.25) is 0 Å². The zero-order chi connectivity index (χ0) is 13.5. The summed E-state index contributed by atoms with van der Waals surface area (Å²) in [6.07, 6.45) is 5.11. The molecule has 1 aliphatic heterocycles. The maximum absolute atomic E-state index is 11.9. The summed E-state index contributed by atoms with van der Waals surface area (Å²) in [6.45, 7) is 4.32. The highest BCUT2D eigenvalue weighted by Crippen LogP contribution is 2.17. The smallest absolute Gasteiger partial charge is 0.224 e. The lowest BCUT2D eigenvalue weighted by Gasteiger charge is -2.22. The highest BCUT2D eigenvalue weighted by atomic mass is 16.1. The van der Waals surface area contributed by atoms with Crippen LogP contribution in [0.3, 0.4) is 0 Å². The van der Waals surface area contributed by atoms with E-state index in [-0.39, 0.29) is 5.91 Å². The highest BCUT2D eigenvalue weighted by Gasteiger charge is 2.14. The van der Waals surface area contributed by atoms with Crippen LogP contribution in [-0.2, 0) is 11.2 Å². The third-order valence-electron chi connectivity index (χ3n) is 3.80. The van der Waals surface area contributed by atoms with Crippen LogP contribution in [0, 0.1) is 5.92 Å². The van der Waals surface area contributed by atoms with E-state index < -0.39 is 0 Å². The molecule has 0 aromatic heterocycles. The van der Waals surface area contributed by atoms with Crippen molar-refractivity contribution < 1.29 is 4.79 Å². The zero-order valence-corrected chi connectivity index (χ0v) is 11.7. The number of hydrogen-bond donors (Lipinski definition) is 2. The molecule has 1 amide bonds. The molecular weight excluding hydrogens is 236 g/mol. The maximum Gasteiger partial charge on any atom is 0.224 e. The van der Waals surface area contributed by atoms with Gasteiger partial charge in [0.15, 0.2) is 0 Å². The quantitative estimate of drug-likeness (QED) is 0.854. The van der Waals surface area contributed by atoms with E-state index in [0.717, 1.165) is 31.6 Å². The van der Waals surface area contributed by atoms with Gasteiger partial charge in [0.25, 0.3) is 0 Å². The minimum Gasteiger partial charge on any atom is -0.326 e. The Hall–Kier alpha value is -1.35. The summed E-state index contributed by atoms with van der Waals surface area (Å²) >= 11 is 0. The van der Waals surface area contributed by atoms with Gasteiger partial charge in [0.1, 0.15) is 0 Å². The van der Waals surface area contributed by atoms with Crippen molar-refractivity contribution in [2.75, 3.05) is 18.4 Å². The molecule has 1 heterocycles. The summed E-state index contributed by atoms with van der Waals surface area (Å²) in [5.41, 5.74) is 2.18. The van der Waals surface area contributed by atoms with Crippen molar-refractivity contribution in [1.29, 1.82) is 0 Å². The number of hydrogen-bond acceptors (Lipinski definition) is 2. The number of carbonyl (C=O) groups is 1. The van der Waals surface area contributed by atoms with Crippen LogP contribution < -0.4 is 10.6 Å². The van der Waals surface area contributed by atoms with Crippen LogP contribution >= 0.6 is 0 Å². The molecule has 19 heavy (non-hydrogen) atoms. The second-order valence-corrected chi connectivity index (χ2v) is 5.35. The molecule has 1 aromatic rings. The largest absolute Gasteiger partial charge is 0.326 e. The fourth-order valence-corrected chi connectivity index (χ4v) is 2.60. The molecule has 0 radical (unpaired) electrons. The van der Waals surface area contributed by atoms with Crippen molar-refractivity contribution >= 4 is 11.6 Å². The van der Waals surface area contributed by atoms with Crippen LogP contribution in [-0.4, -0.2) is 19.0 Å². The highest BCUT2D eigenvalue weighted by molar-refractivity contribution is 5.90. The third-order valence-corrected chi connectivity index (χ3v) is 3.80. The SMILES string of the molecule is CCc1cccc(NC(=O)CCC2CCCNC2)c1. The molecule has 0 aliphatic carbocycles.